The maximum atomic E-state index is 13.0. The van der Waals surface area contributed by atoms with Crippen LogP contribution in [0.3, 0.4) is 0 Å². The molecule has 1 aromatic rings. The lowest BCUT2D eigenvalue weighted by atomic mass is 9.82. The standard InChI is InChI=1S/C16H22ClNO/c1-3-16(4-2,18-11-7-8-12-18)15(19)13-9-5-6-10-14(13)17/h5-6,9-10H,3-4,7-8,11-12H2,1-2H3. The molecule has 0 unspecified atom stereocenters. The van der Waals surface area contributed by atoms with Crippen LogP contribution in [-0.4, -0.2) is 29.3 Å². The van der Waals surface area contributed by atoms with E-state index < -0.39 is 0 Å². The molecule has 2 nitrogen and oxygen atoms in total. The molecule has 0 aromatic heterocycles. The van der Waals surface area contributed by atoms with Gasteiger partial charge in [-0.15, -0.1) is 0 Å². The Morgan fingerprint density at radius 2 is 1.79 bits per heavy atom. The third-order valence-electron chi connectivity index (χ3n) is 4.42. The summed E-state index contributed by atoms with van der Waals surface area (Å²) in [6, 6.07) is 7.41. The molecule has 0 amide bonds. The molecule has 0 bridgehead atoms. The van der Waals surface area contributed by atoms with Crippen LogP contribution in [0.1, 0.15) is 49.9 Å². The van der Waals surface area contributed by atoms with Crippen molar-refractivity contribution in [2.75, 3.05) is 13.1 Å². The highest BCUT2D eigenvalue weighted by atomic mass is 35.5. The van der Waals surface area contributed by atoms with Crippen molar-refractivity contribution in [2.24, 2.45) is 0 Å². The Morgan fingerprint density at radius 1 is 1.21 bits per heavy atom. The summed E-state index contributed by atoms with van der Waals surface area (Å²) in [5.74, 6) is 0.185. The number of benzene rings is 1. The van der Waals surface area contributed by atoms with Gasteiger partial charge in [0.2, 0.25) is 0 Å². The zero-order valence-electron chi connectivity index (χ0n) is 11.8. The van der Waals surface area contributed by atoms with Gasteiger partial charge in [0.05, 0.1) is 10.6 Å². The van der Waals surface area contributed by atoms with Gasteiger partial charge in [-0.2, -0.15) is 0 Å². The van der Waals surface area contributed by atoms with E-state index in [9.17, 15) is 4.79 Å². The summed E-state index contributed by atoms with van der Waals surface area (Å²) < 4.78 is 0. The SMILES string of the molecule is CCC(CC)(C(=O)c1ccccc1Cl)N1CCCC1. The van der Waals surface area contributed by atoms with Crippen LogP contribution in [0, 0.1) is 0 Å². The average Bonchev–Trinajstić information content (AvgIpc) is 2.96. The van der Waals surface area contributed by atoms with E-state index in [1.807, 2.05) is 18.2 Å². The summed E-state index contributed by atoms with van der Waals surface area (Å²) in [6.07, 6.45) is 4.07. The minimum atomic E-state index is -0.374. The fraction of sp³-hybridized carbons (Fsp3) is 0.562. The van der Waals surface area contributed by atoms with E-state index in [0.717, 1.165) is 25.9 Å². The Kier molecular flexibility index (Phi) is 4.64. The first-order valence-electron chi connectivity index (χ1n) is 7.20. The lowest BCUT2D eigenvalue weighted by molar-refractivity contribution is 0.0581. The van der Waals surface area contributed by atoms with E-state index in [1.54, 1.807) is 6.07 Å². The smallest absolute Gasteiger partial charge is 0.184 e. The van der Waals surface area contributed by atoms with Crippen molar-refractivity contribution in [3.05, 3.63) is 34.9 Å². The van der Waals surface area contributed by atoms with Gasteiger partial charge in [-0.25, -0.2) is 0 Å². The average molecular weight is 280 g/mol. The zero-order chi connectivity index (χ0) is 13.9. The molecule has 3 heteroatoms. The van der Waals surface area contributed by atoms with Crippen LogP contribution >= 0.6 is 11.6 Å². The highest BCUT2D eigenvalue weighted by Crippen LogP contribution is 2.33. The predicted octanol–water partition coefficient (Wildman–Crippen LogP) is 4.18. The van der Waals surface area contributed by atoms with E-state index >= 15 is 0 Å². The summed E-state index contributed by atoms with van der Waals surface area (Å²) >= 11 is 6.21. The molecule has 0 radical (unpaired) electrons. The summed E-state index contributed by atoms with van der Waals surface area (Å²) in [7, 11) is 0. The van der Waals surface area contributed by atoms with E-state index in [2.05, 4.69) is 18.7 Å². The molecular formula is C16H22ClNO. The van der Waals surface area contributed by atoms with Crippen LogP contribution in [0.25, 0.3) is 0 Å². The number of rotatable bonds is 5. The van der Waals surface area contributed by atoms with Crippen LogP contribution in [0.5, 0.6) is 0 Å². The van der Waals surface area contributed by atoms with Crippen LogP contribution < -0.4 is 0 Å². The molecule has 1 heterocycles. The number of likely N-dealkylation sites (tertiary alicyclic amines) is 1. The minimum Gasteiger partial charge on any atom is -0.292 e. The van der Waals surface area contributed by atoms with Crippen LogP contribution in [0.2, 0.25) is 5.02 Å². The van der Waals surface area contributed by atoms with Crippen molar-refractivity contribution < 1.29 is 4.79 Å². The van der Waals surface area contributed by atoms with Crippen molar-refractivity contribution >= 4 is 17.4 Å². The predicted molar refractivity (Wildman–Crippen MR) is 79.9 cm³/mol. The van der Waals surface area contributed by atoms with Gasteiger partial charge in [0.15, 0.2) is 5.78 Å². The fourth-order valence-corrected chi connectivity index (χ4v) is 3.42. The van der Waals surface area contributed by atoms with E-state index in [1.165, 1.54) is 12.8 Å². The lowest BCUT2D eigenvalue weighted by Gasteiger charge is -2.39. The monoisotopic (exact) mass is 279 g/mol. The fourth-order valence-electron chi connectivity index (χ4n) is 3.20. The quantitative estimate of drug-likeness (QED) is 0.754. The molecule has 19 heavy (non-hydrogen) atoms. The molecule has 0 spiro atoms. The first kappa shape index (κ1) is 14.5. The molecule has 1 fully saturated rings. The molecule has 0 atom stereocenters. The highest BCUT2D eigenvalue weighted by molar-refractivity contribution is 6.34. The topological polar surface area (TPSA) is 20.3 Å². The molecule has 104 valence electrons. The van der Waals surface area contributed by atoms with Gasteiger partial charge in [0.25, 0.3) is 0 Å². The molecule has 1 aromatic carbocycles. The van der Waals surface area contributed by atoms with Crippen molar-refractivity contribution in [1.29, 1.82) is 0 Å². The Balaban J connectivity index is 2.38. The number of Topliss-reactive ketones (excluding diaryl/α,β-unsaturated/α-hetero) is 1. The van der Waals surface area contributed by atoms with Crippen LogP contribution in [0.4, 0.5) is 0 Å². The normalized spacial score (nSPS) is 16.8. The van der Waals surface area contributed by atoms with Gasteiger partial charge < -0.3 is 0 Å². The number of carbonyl (C=O) groups is 1. The highest BCUT2D eigenvalue weighted by Gasteiger charge is 2.42. The van der Waals surface area contributed by atoms with E-state index in [4.69, 9.17) is 11.6 Å². The van der Waals surface area contributed by atoms with Crippen LogP contribution in [-0.2, 0) is 0 Å². The van der Waals surface area contributed by atoms with Crippen molar-refractivity contribution in [1.82, 2.24) is 4.90 Å². The maximum Gasteiger partial charge on any atom is 0.184 e. The third-order valence-corrected chi connectivity index (χ3v) is 4.75. The Bertz CT molecular complexity index is 448. The van der Waals surface area contributed by atoms with Gasteiger partial charge >= 0.3 is 0 Å². The van der Waals surface area contributed by atoms with Crippen molar-refractivity contribution in [3.63, 3.8) is 0 Å². The van der Waals surface area contributed by atoms with Crippen molar-refractivity contribution in [2.45, 2.75) is 45.1 Å². The van der Waals surface area contributed by atoms with Crippen LogP contribution in [0.15, 0.2) is 24.3 Å². The Hall–Kier alpha value is -0.860. The Morgan fingerprint density at radius 3 is 2.32 bits per heavy atom. The number of carbonyl (C=O) groups excluding carboxylic acids is 1. The molecule has 1 aliphatic heterocycles. The van der Waals surface area contributed by atoms with Gasteiger partial charge in [-0.1, -0.05) is 37.6 Å². The molecule has 1 saturated heterocycles. The third kappa shape index (κ3) is 2.56. The summed E-state index contributed by atoms with van der Waals surface area (Å²) in [6.45, 7) is 6.27. The first-order valence-corrected chi connectivity index (χ1v) is 7.58. The molecule has 0 N–H and O–H groups in total. The second-order valence-corrected chi connectivity index (χ2v) is 5.65. The molecule has 0 aliphatic carbocycles. The van der Waals surface area contributed by atoms with Gasteiger partial charge in [-0.3, -0.25) is 9.69 Å². The zero-order valence-corrected chi connectivity index (χ0v) is 12.5. The van der Waals surface area contributed by atoms with Crippen molar-refractivity contribution in [3.8, 4) is 0 Å². The first-order chi connectivity index (χ1) is 9.15. The summed E-state index contributed by atoms with van der Waals surface area (Å²) in [5, 5.41) is 0.568. The number of halogens is 1. The summed E-state index contributed by atoms with van der Waals surface area (Å²) in [5.41, 5.74) is 0.293. The van der Waals surface area contributed by atoms with E-state index in [0.29, 0.717) is 10.6 Å². The molecular weight excluding hydrogens is 258 g/mol. The Labute approximate surface area is 120 Å². The number of hydrogen-bond donors (Lipinski definition) is 0. The van der Waals surface area contributed by atoms with Gasteiger partial charge in [0, 0.05) is 5.56 Å². The molecule has 2 rings (SSSR count). The molecule has 1 aliphatic rings. The largest absolute Gasteiger partial charge is 0.292 e. The number of nitrogens with zero attached hydrogens (tertiary/aromatic N) is 1. The van der Waals surface area contributed by atoms with Gasteiger partial charge in [-0.05, 0) is 50.9 Å². The second-order valence-electron chi connectivity index (χ2n) is 5.24. The minimum absolute atomic E-state index is 0.185. The maximum absolute atomic E-state index is 13.0. The van der Waals surface area contributed by atoms with E-state index in [-0.39, 0.29) is 11.3 Å². The number of ketones is 1. The van der Waals surface area contributed by atoms with Gasteiger partial charge in [0.1, 0.15) is 0 Å². The lowest BCUT2D eigenvalue weighted by Crippen LogP contribution is -2.52. The second kappa shape index (κ2) is 6.06. The number of hydrogen-bond acceptors (Lipinski definition) is 2. The summed E-state index contributed by atoms with van der Waals surface area (Å²) in [4.78, 5) is 15.4. The molecule has 0 saturated carbocycles.